The van der Waals surface area contributed by atoms with Crippen molar-refractivity contribution in [2.45, 2.75) is 45.6 Å². The van der Waals surface area contributed by atoms with Crippen LogP contribution in [0.5, 0.6) is 5.75 Å². The van der Waals surface area contributed by atoms with E-state index in [4.69, 9.17) is 9.15 Å². The number of hydrogen-bond donors (Lipinski definition) is 0. The second-order valence-corrected chi connectivity index (χ2v) is 9.92. The Kier molecular flexibility index (Phi) is 7.00. The van der Waals surface area contributed by atoms with Crippen LogP contribution in [-0.2, 0) is 17.6 Å². The first-order chi connectivity index (χ1) is 15.3. The van der Waals surface area contributed by atoms with Crippen LogP contribution in [0.2, 0.25) is 0 Å². The number of halogens is 1. The monoisotopic (exact) mass is 545 g/mol. The molecule has 5 nitrogen and oxygen atoms in total. The second kappa shape index (κ2) is 9.75. The predicted octanol–water partition coefficient (Wildman–Crippen LogP) is 4.84. The fourth-order valence-corrected chi connectivity index (χ4v) is 4.71. The van der Waals surface area contributed by atoms with Crippen molar-refractivity contribution in [3.8, 4) is 5.75 Å². The maximum absolute atomic E-state index is 12.6. The summed E-state index contributed by atoms with van der Waals surface area (Å²) >= 11 is 2.27. The van der Waals surface area contributed by atoms with Crippen LogP contribution in [0, 0.1) is 17.4 Å². The van der Waals surface area contributed by atoms with Crippen LogP contribution in [0.25, 0.3) is 11.0 Å². The number of nitrogens with zero attached hydrogens (tertiary/aromatic N) is 1. The quantitative estimate of drug-likeness (QED) is 0.328. The molecule has 0 unspecified atom stereocenters. The lowest BCUT2D eigenvalue weighted by atomic mass is 10.0. The van der Waals surface area contributed by atoms with E-state index < -0.39 is 5.63 Å². The molecule has 0 atom stereocenters. The Balaban J connectivity index is 1.51. The van der Waals surface area contributed by atoms with Gasteiger partial charge in [0.1, 0.15) is 23.2 Å². The molecule has 1 aromatic heterocycles. The maximum atomic E-state index is 12.6. The highest BCUT2D eigenvalue weighted by molar-refractivity contribution is 14.1. The molecule has 0 spiro atoms. The van der Waals surface area contributed by atoms with Gasteiger partial charge in [-0.3, -0.25) is 4.79 Å². The SMILES string of the molecule is Cc1ccc(CC(=O)Cc2cc3ccc(OC4CCN(C)CC4)c(C)c3oc2=O)cc1I. The zero-order chi connectivity index (χ0) is 22.8. The number of ether oxygens (including phenoxy) is 1. The summed E-state index contributed by atoms with van der Waals surface area (Å²) < 4.78 is 13.0. The first kappa shape index (κ1) is 23.0. The number of Topliss-reactive ketones (excluding diaryl/α,β-unsaturated/α-hetero) is 1. The van der Waals surface area contributed by atoms with Crippen LogP contribution < -0.4 is 10.4 Å². The Labute approximate surface area is 201 Å². The molecular formula is C26H28INO4. The zero-order valence-corrected chi connectivity index (χ0v) is 20.9. The van der Waals surface area contributed by atoms with Gasteiger partial charge >= 0.3 is 5.63 Å². The number of aryl methyl sites for hydroxylation is 2. The number of rotatable bonds is 6. The van der Waals surface area contributed by atoms with Crippen molar-refractivity contribution >= 4 is 39.3 Å². The van der Waals surface area contributed by atoms with Crippen molar-refractivity contribution in [1.82, 2.24) is 4.90 Å². The number of piperidine rings is 1. The van der Waals surface area contributed by atoms with Crippen molar-refractivity contribution < 1.29 is 13.9 Å². The molecule has 3 aromatic rings. The first-order valence-corrected chi connectivity index (χ1v) is 12.1. The molecule has 1 saturated heterocycles. The van der Waals surface area contributed by atoms with E-state index in [2.05, 4.69) is 34.5 Å². The summed E-state index contributed by atoms with van der Waals surface area (Å²) in [5, 5.41) is 0.811. The van der Waals surface area contributed by atoms with E-state index in [1.807, 2.05) is 44.2 Å². The van der Waals surface area contributed by atoms with Crippen LogP contribution in [0.3, 0.4) is 0 Å². The fourth-order valence-electron chi connectivity index (χ4n) is 4.13. The van der Waals surface area contributed by atoms with Crippen molar-refractivity contribution in [3.63, 3.8) is 0 Å². The molecule has 0 amide bonds. The Morgan fingerprint density at radius 3 is 2.59 bits per heavy atom. The van der Waals surface area contributed by atoms with E-state index in [-0.39, 0.29) is 18.3 Å². The highest BCUT2D eigenvalue weighted by Gasteiger charge is 2.20. The third kappa shape index (κ3) is 5.23. The Bertz CT molecular complexity index is 1210. The second-order valence-electron chi connectivity index (χ2n) is 8.76. The molecule has 1 fully saturated rings. The molecule has 0 bridgehead atoms. The van der Waals surface area contributed by atoms with Crippen molar-refractivity contribution in [2.75, 3.05) is 20.1 Å². The van der Waals surface area contributed by atoms with E-state index in [1.165, 1.54) is 5.56 Å². The molecular weight excluding hydrogens is 517 g/mol. The minimum Gasteiger partial charge on any atom is -0.490 e. The zero-order valence-electron chi connectivity index (χ0n) is 18.7. The van der Waals surface area contributed by atoms with E-state index in [1.54, 1.807) is 6.07 Å². The van der Waals surface area contributed by atoms with Crippen molar-refractivity contribution in [2.24, 2.45) is 0 Å². The topological polar surface area (TPSA) is 59.8 Å². The van der Waals surface area contributed by atoms with Gasteiger partial charge in [0.05, 0.1) is 0 Å². The number of ketones is 1. The number of carbonyl (C=O) groups excluding carboxylic acids is 1. The molecule has 0 saturated carbocycles. The highest BCUT2D eigenvalue weighted by Crippen LogP contribution is 2.29. The molecule has 0 aliphatic carbocycles. The van der Waals surface area contributed by atoms with Gasteiger partial charge in [-0.1, -0.05) is 12.1 Å². The van der Waals surface area contributed by atoms with Gasteiger partial charge in [0.15, 0.2) is 0 Å². The van der Waals surface area contributed by atoms with Gasteiger partial charge in [0, 0.05) is 46.0 Å². The molecule has 0 radical (unpaired) electrons. The van der Waals surface area contributed by atoms with Gasteiger partial charge in [-0.2, -0.15) is 0 Å². The average molecular weight is 545 g/mol. The van der Waals surface area contributed by atoms with Gasteiger partial charge < -0.3 is 14.1 Å². The number of fused-ring (bicyclic) bond motifs is 1. The van der Waals surface area contributed by atoms with E-state index in [0.29, 0.717) is 17.6 Å². The molecule has 1 aliphatic rings. The number of carbonyl (C=O) groups is 1. The lowest BCUT2D eigenvalue weighted by Gasteiger charge is -2.29. The number of benzene rings is 2. The molecule has 168 valence electrons. The maximum Gasteiger partial charge on any atom is 0.339 e. The molecule has 32 heavy (non-hydrogen) atoms. The standard InChI is InChI=1S/C26H28INO4/c1-16-4-5-18(13-23(16)27)12-21(29)15-20-14-19-6-7-24(17(2)25(19)32-26(20)30)31-22-8-10-28(3)11-9-22/h4-7,13-14,22H,8-12,15H2,1-3H3. The van der Waals surface area contributed by atoms with Crippen LogP contribution in [-0.4, -0.2) is 36.9 Å². The predicted molar refractivity (Wildman–Crippen MR) is 135 cm³/mol. The van der Waals surface area contributed by atoms with Crippen LogP contribution in [0.15, 0.2) is 45.6 Å². The van der Waals surface area contributed by atoms with Gasteiger partial charge in [-0.15, -0.1) is 0 Å². The molecule has 6 heteroatoms. The van der Waals surface area contributed by atoms with E-state index in [0.717, 1.165) is 51.8 Å². The molecule has 2 heterocycles. The van der Waals surface area contributed by atoms with Crippen LogP contribution in [0.4, 0.5) is 0 Å². The summed E-state index contributed by atoms with van der Waals surface area (Å²) in [6, 6.07) is 11.6. The van der Waals surface area contributed by atoms with Crippen molar-refractivity contribution in [3.05, 3.63) is 72.6 Å². The first-order valence-electron chi connectivity index (χ1n) is 11.0. The highest BCUT2D eigenvalue weighted by atomic mass is 127. The van der Waals surface area contributed by atoms with Gasteiger partial charge in [0.2, 0.25) is 0 Å². The molecule has 0 N–H and O–H groups in total. The summed E-state index contributed by atoms with van der Waals surface area (Å²) in [5.74, 6) is 0.753. The van der Waals surface area contributed by atoms with Crippen LogP contribution >= 0.6 is 22.6 Å². The lowest BCUT2D eigenvalue weighted by molar-refractivity contribution is -0.117. The normalized spacial score (nSPS) is 15.2. The lowest BCUT2D eigenvalue weighted by Crippen LogP contribution is -2.35. The third-order valence-corrected chi connectivity index (χ3v) is 7.32. The Hall–Kier alpha value is -2.19. The van der Waals surface area contributed by atoms with E-state index >= 15 is 0 Å². The molecule has 1 aliphatic heterocycles. The van der Waals surface area contributed by atoms with E-state index in [9.17, 15) is 9.59 Å². The summed E-state index contributed by atoms with van der Waals surface area (Å²) in [5.41, 5.74) is 3.44. The summed E-state index contributed by atoms with van der Waals surface area (Å²) in [7, 11) is 2.12. The minimum absolute atomic E-state index is 0.00440. The number of likely N-dealkylation sites (tertiary alicyclic amines) is 1. The molecule has 4 rings (SSSR count). The average Bonchev–Trinajstić information content (AvgIpc) is 2.75. The third-order valence-electron chi connectivity index (χ3n) is 6.16. The summed E-state index contributed by atoms with van der Waals surface area (Å²) in [4.78, 5) is 27.6. The van der Waals surface area contributed by atoms with Gasteiger partial charge in [-0.05, 0) is 91.7 Å². The van der Waals surface area contributed by atoms with Crippen LogP contribution in [0.1, 0.15) is 35.1 Å². The largest absolute Gasteiger partial charge is 0.490 e. The summed E-state index contributed by atoms with van der Waals surface area (Å²) in [6.45, 7) is 6.00. The van der Waals surface area contributed by atoms with Gasteiger partial charge in [-0.25, -0.2) is 4.79 Å². The van der Waals surface area contributed by atoms with Gasteiger partial charge in [0.25, 0.3) is 0 Å². The van der Waals surface area contributed by atoms with Crippen molar-refractivity contribution in [1.29, 1.82) is 0 Å². The number of hydrogen-bond acceptors (Lipinski definition) is 5. The summed E-state index contributed by atoms with van der Waals surface area (Å²) in [6.07, 6.45) is 2.51. The molecule has 2 aromatic carbocycles. The Morgan fingerprint density at radius 1 is 1.12 bits per heavy atom. The Morgan fingerprint density at radius 2 is 1.88 bits per heavy atom. The fraction of sp³-hybridized carbons (Fsp3) is 0.385. The smallest absolute Gasteiger partial charge is 0.339 e. The minimum atomic E-state index is -0.455.